The molecule has 0 atom stereocenters. The van der Waals surface area contributed by atoms with Crippen molar-refractivity contribution in [2.45, 2.75) is 6.92 Å². The number of nitrogens with zero attached hydrogens (tertiary/aromatic N) is 1. The molecule has 3 rings (SSSR count). The van der Waals surface area contributed by atoms with Gasteiger partial charge in [0.1, 0.15) is 6.61 Å². The topological polar surface area (TPSA) is 29.5 Å². The van der Waals surface area contributed by atoms with Crippen LogP contribution in [0.1, 0.15) is 18.1 Å². The van der Waals surface area contributed by atoms with E-state index in [1.165, 1.54) is 0 Å². The first-order valence-electron chi connectivity index (χ1n) is 7.75. The number of hydrogen-bond acceptors (Lipinski definition) is 2. The minimum atomic E-state index is -0.0383. The fourth-order valence-electron chi connectivity index (χ4n) is 2.84. The smallest absolute Gasteiger partial charge is 0.258 e. The molecule has 25 heavy (non-hydrogen) atoms. The number of anilines is 1. The van der Waals surface area contributed by atoms with Gasteiger partial charge in [0.25, 0.3) is 5.91 Å². The van der Waals surface area contributed by atoms with Crippen LogP contribution in [0.25, 0.3) is 11.6 Å². The summed E-state index contributed by atoms with van der Waals surface area (Å²) in [6.07, 6.45) is 6.98. The zero-order valence-electron chi connectivity index (χ0n) is 13.6. The predicted octanol–water partition coefficient (Wildman–Crippen LogP) is 4.91. The number of benzene rings is 2. The van der Waals surface area contributed by atoms with Crippen LogP contribution in [0.5, 0.6) is 5.75 Å². The Morgan fingerprint density at radius 1 is 1.24 bits per heavy atom. The number of fused-ring (bicyclic) bond motifs is 1. The predicted molar refractivity (Wildman–Crippen MR) is 103 cm³/mol. The molecule has 0 saturated heterocycles. The third kappa shape index (κ3) is 3.24. The lowest BCUT2D eigenvalue weighted by atomic mass is 10.0. The normalized spacial score (nSPS) is 14.6. The number of carbonyl (C=O) groups is 1. The molecule has 3 nitrogen and oxygen atoms in total. The number of carbonyl (C=O) groups excluding carboxylic acids is 1. The van der Waals surface area contributed by atoms with E-state index in [1.54, 1.807) is 23.1 Å². The third-order valence-corrected chi connectivity index (χ3v) is 4.47. The number of hydrogen-bond donors (Lipinski definition) is 0. The number of terminal acetylenes is 1. The highest BCUT2D eigenvalue weighted by molar-refractivity contribution is 6.38. The molecular formula is C20H15Cl2NO2. The summed E-state index contributed by atoms with van der Waals surface area (Å²) in [5.41, 5.74) is 3.14. The maximum atomic E-state index is 12.7. The fraction of sp³-hybridized carbons (Fsp3) is 0.150. The molecule has 0 N–H and O–H groups in total. The average molecular weight is 372 g/mol. The number of para-hydroxylation sites is 1. The molecule has 1 aliphatic heterocycles. The molecule has 1 amide bonds. The summed E-state index contributed by atoms with van der Waals surface area (Å²) < 4.78 is 5.36. The summed E-state index contributed by atoms with van der Waals surface area (Å²) in [7, 11) is 0. The minimum absolute atomic E-state index is 0.0383. The van der Waals surface area contributed by atoms with Crippen molar-refractivity contribution < 1.29 is 9.53 Å². The van der Waals surface area contributed by atoms with Crippen LogP contribution in [0.2, 0.25) is 10.0 Å². The molecule has 0 bridgehead atoms. The summed E-state index contributed by atoms with van der Waals surface area (Å²) in [5, 5.41) is 0.696. The summed E-state index contributed by atoms with van der Waals surface area (Å²) in [4.78, 5) is 14.5. The van der Waals surface area contributed by atoms with E-state index < -0.39 is 0 Å². The first-order valence-corrected chi connectivity index (χ1v) is 8.50. The van der Waals surface area contributed by atoms with Gasteiger partial charge in [-0.3, -0.25) is 4.79 Å². The highest BCUT2D eigenvalue weighted by atomic mass is 35.5. The van der Waals surface area contributed by atoms with Crippen molar-refractivity contribution in [2.75, 3.05) is 18.1 Å². The Balaban J connectivity index is 2.04. The Hall–Kier alpha value is -2.41. The van der Waals surface area contributed by atoms with Gasteiger partial charge in [-0.1, -0.05) is 47.3 Å². The molecule has 1 aliphatic rings. The Labute approximate surface area is 156 Å². The SMILES string of the molecule is C#CCOc1c(Cl)cc(/C=C2\C(=O)N(CC)c3ccccc32)cc1Cl. The highest BCUT2D eigenvalue weighted by Gasteiger charge is 2.30. The van der Waals surface area contributed by atoms with Crippen LogP contribution < -0.4 is 9.64 Å². The molecule has 0 fully saturated rings. The molecule has 2 aromatic carbocycles. The van der Waals surface area contributed by atoms with E-state index in [2.05, 4.69) is 5.92 Å². The second kappa shape index (κ2) is 7.23. The monoisotopic (exact) mass is 371 g/mol. The number of halogens is 2. The highest BCUT2D eigenvalue weighted by Crippen LogP contribution is 2.39. The van der Waals surface area contributed by atoms with Gasteiger partial charge in [0.2, 0.25) is 0 Å². The van der Waals surface area contributed by atoms with Gasteiger partial charge >= 0.3 is 0 Å². The Kier molecular flexibility index (Phi) is 5.03. The van der Waals surface area contributed by atoms with Crippen molar-refractivity contribution in [2.24, 2.45) is 0 Å². The Morgan fingerprint density at radius 2 is 1.92 bits per heavy atom. The van der Waals surface area contributed by atoms with Crippen LogP contribution in [0, 0.1) is 12.3 Å². The molecule has 0 radical (unpaired) electrons. The van der Waals surface area contributed by atoms with Gasteiger partial charge in [-0.05, 0) is 36.8 Å². The number of amides is 1. The van der Waals surface area contributed by atoms with E-state index in [4.69, 9.17) is 34.4 Å². The van der Waals surface area contributed by atoms with Crippen molar-refractivity contribution in [1.29, 1.82) is 0 Å². The van der Waals surface area contributed by atoms with Crippen molar-refractivity contribution in [3.63, 3.8) is 0 Å². The second-order valence-corrected chi connectivity index (χ2v) is 6.25. The first-order chi connectivity index (χ1) is 12.1. The lowest BCUT2D eigenvalue weighted by Crippen LogP contribution is -2.25. The molecule has 0 spiro atoms. The lowest BCUT2D eigenvalue weighted by Gasteiger charge is -2.13. The fourth-order valence-corrected chi connectivity index (χ4v) is 3.45. The lowest BCUT2D eigenvalue weighted by molar-refractivity contribution is -0.112. The molecule has 126 valence electrons. The summed E-state index contributed by atoms with van der Waals surface area (Å²) in [6, 6.07) is 11.1. The van der Waals surface area contributed by atoms with Crippen molar-refractivity contribution in [1.82, 2.24) is 0 Å². The van der Waals surface area contributed by atoms with Gasteiger partial charge in [-0.2, -0.15) is 0 Å². The van der Waals surface area contributed by atoms with Gasteiger partial charge in [-0.15, -0.1) is 6.42 Å². The van der Waals surface area contributed by atoms with Crippen LogP contribution >= 0.6 is 23.2 Å². The van der Waals surface area contributed by atoms with Gasteiger partial charge in [0, 0.05) is 17.7 Å². The van der Waals surface area contributed by atoms with Gasteiger partial charge in [0.05, 0.1) is 15.7 Å². The molecule has 2 aromatic rings. The van der Waals surface area contributed by atoms with Crippen LogP contribution in [0.4, 0.5) is 5.69 Å². The van der Waals surface area contributed by atoms with E-state index >= 15 is 0 Å². The van der Waals surface area contributed by atoms with Gasteiger partial charge in [0.15, 0.2) is 5.75 Å². The van der Waals surface area contributed by atoms with Crippen molar-refractivity contribution >= 4 is 46.4 Å². The number of rotatable bonds is 4. The van der Waals surface area contributed by atoms with E-state index in [0.717, 1.165) is 16.8 Å². The second-order valence-electron chi connectivity index (χ2n) is 5.43. The van der Waals surface area contributed by atoms with Gasteiger partial charge in [-0.25, -0.2) is 0 Å². The first kappa shape index (κ1) is 17.4. The largest absolute Gasteiger partial charge is 0.478 e. The van der Waals surface area contributed by atoms with Crippen LogP contribution in [-0.4, -0.2) is 19.1 Å². The minimum Gasteiger partial charge on any atom is -0.478 e. The van der Waals surface area contributed by atoms with E-state index in [1.807, 2.05) is 31.2 Å². The molecule has 0 aromatic heterocycles. The quantitative estimate of drug-likeness (QED) is 0.564. The maximum Gasteiger partial charge on any atom is 0.258 e. The van der Waals surface area contributed by atoms with Crippen molar-refractivity contribution in [3.8, 4) is 18.1 Å². The van der Waals surface area contributed by atoms with Crippen LogP contribution in [-0.2, 0) is 4.79 Å². The molecule has 0 unspecified atom stereocenters. The molecular weight excluding hydrogens is 357 g/mol. The zero-order valence-corrected chi connectivity index (χ0v) is 15.1. The number of ether oxygens (including phenoxy) is 1. The van der Waals surface area contributed by atoms with E-state index in [0.29, 0.717) is 27.9 Å². The summed E-state index contributed by atoms with van der Waals surface area (Å²) in [6.45, 7) is 2.63. The molecule has 0 aliphatic carbocycles. The summed E-state index contributed by atoms with van der Waals surface area (Å²) >= 11 is 12.5. The van der Waals surface area contributed by atoms with E-state index in [9.17, 15) is 4.79 Å². The molecule has 5 heteroatoms. The van der Waals surface area contributed by atoms with Crippen LogP contribution in [0.3, 0.4) is 0 Å². The maximum absolute atomic E-state index is 12.7. The average Bonchev–Trinajstić information content (AvgIpc) is 2.86. The Bertz CT molecular complexity index is 889. The van der Waals surface area contributed by atoms with Gasteiger partial charge < -0.3 is 9.64 Å². The zero-order chi connectivity index (χ0) is 18.0. The molecule has 1 heterocycles. The number of likely N-dealkylation sites (N-methyl/N-ethyl adjacent to an activating group) is 1. The van der Waals surface area contributed by atoms with Crippen molar-refractivity contribution in [3.05, 3.63) is 57.6 Å². The van der Waals surface area contributed by atoms with Crippen LogP contribution in [0.15, 0.2) is 36.4 Å². The molecule has 0 saturated carbocycles. The summed E-state index contributed by atoms with van der Waals surface area (Å²) in [5.74, 6) is 2.68. The third-order valence-electron chi connectivity index (χ3n) is 3.91. The Morgan fingerprint density at radius 3 is 2.56 bits per heavy atom. The standard InChI is InChI=1S/C20H15Cl2NO2/c1-3-9-25-19-16(21)11-13(12-17(19)22)10-15-14-7-5-6-8-18(14)23(4-2)20(15)24/h1,5-8,10-12H,4,9H2,2H3/b15-10-. The van der Waals surface area contributed by atoms with E-state index in [-0.39, 0.29) is 12.5 Å².